The lowest BCUT2D eigenvalue weighted by molar-refractivity contribution is -0.131. The number of hydrogen-bond acceptors (Lipinski definition) is 5. The van der Waals surface area contributed by atoms with Gasteiger partial charge in [0.05, 0.1) is 20.2 Å². The first kappa shape index (κ1) is 17.8. The summed E-state index contributed by atoms with van der Waals surface area (Å²) in [5, 5.41) is 2.05. The molecule has 0 spiro atoms. The molecule has 1 aliphatic heterocycles. The second-order valence-electron chi connectivity index (χ2n) is 6.29. The summed E-state index contributed by atoms with van der Waals surface area (Å²) < 4.78 is 5.21. The molecule has 25 heavy (non-hydrogen) atoms. The van der Waals surface area contributed by atoms with Gasteiger partial charge in [0.1, 0.15) is 5.75 Å². The number of carbonyl (C=O) groups excluding carboxylic acids is 1. The van der Waals surface area contributed by atoms with E-state index in [1.54, 1.807) is 18.4 Å². The van der Waals surface area contributed by atoms with Crippen LogP contribution in [0.2, 0.25) is 0 Å². The molecule has 0 atom stereocenters. The van der Waals surface area contributed by atoms with Crippen LogP contribution in [0, 0.1) is 0 Å². The summed E-state index contributed by atoms with van der Waals surface area (Å²) >= 11 is 1.69. The molecule has 1 saturated heterocycles. The highest BCUT2D eigenvalue weighted by Crippen LogP contribution is 2.20. The Kier molecular flexibility index (Phi) is 5.94. The average molecular weight is 359 g/mol. The van der Waals surface area contributed by atoms with Crippen LogP contribution >= 0.6 is 11.3 Å². The van der Waals surface area contributed by atoms with Crippen molar-refractivity contribution in [1.82, 2.24) is 9.80 Å². The van der Waals surface area contributed by atoms with E-state index < -0.39 is 0 Å². The number of amides is 1. The number of ether oxygens (including phenoxy) is 1. The predicted octanol–water partition coefficient (Wildman–Crippen LogP) is 2.54. The van der Waals surface area contributed by atoms with E-state index in [4.69, 9.17) is 4.74 Å². The number of benzene rings is 1. The van der Waals surface area contributed by atoms with E-state index in [2.05, 4.69) is 28.0 Å². The van der Waals surface area contributed by atoms with Gasteiger partial charge in [-0.05, 0) is 35.7 Å². The van der Waals surface area contributed by atoms with Gasteiger partial charge in [-0.25, -0.2) is 0 Å². The summed E-state index contributed by atoms with van der Waals surface area (Å²) in [5.74, 6) is 1.06. The quantitative estimate of drug-likeness (QED) is 0.794. The number of carbonyl (C=O) groups is 1. The van der Waals surface area contributed by atoms with E-state index in [1.165, 1.54) is 10.6 Å². The molecule has 1 amide bonds. The van der Waals surface area contributed by atoms with Gasteiger partial charge in [0.15, 0.2) is 0 Å². The van der Waals surface area contributed by atoms with Gasteiger partial charge in [-0.15, -0.1) is 11.3 Å². The number of nitrogens with zero attached hydrogens (tertiary/aromatic N) is 3. The molecule has 0 saturated carbocycles. The minimum absolute atomic E-state index is 0.186. The fourth-order valence-electron chi connectivity index (χ4n) is 2.99. The zero-order chi connectivity index (χ0) is 17.6. The monoisotopic (exact) mass is 359 g/mol. The maximum atomic E-state index is 12.4. The van der Waals surface area contributed by atoms with E-state index in [0.717, 1.165) is 31.9 Å². The lowest BCUT2D eigenvalue weighted by Crippen LogP contribution is -2.49. The number of rotatable bonds is 6. The molecular weight excluding hydrogens is 334 g/mol. The molecule has 0 N–H and O–H groups in total. The number of methoxy groups -OCH3 is 1. The minimum Gasteiger partial charge on any atom is -0.497 e. The molecule has 0 radical (unpaired) electrons. The Bertz CT molecular complexity index is 664. The first-order valence-corrected chi connectivity index (χ1v) is 9.41. The molecule has 2 aromatic rings. The Balaban J connectivity index is 1.46. The number of likely N-dealkylation sites (N-methyl/N-ethyl adjacent to an activating group) is 1. The van der Waals surface area contributed by atoms with Crippen LogP contribution in [0.1, 0.15) is 4.88 Å². The summed E-state index contributed by atoms with van der Waals surface area (Å²) in [4.78, 5) is 20.1. The van der Waals surface area contributed by atoms with Crippen LogP contribution in [-0.4, -0.2) is 62.6 Å². The van der Waals surface area contributed by atoms with Crippen LogP contribution < -0.4 is 9.64 Å². The Morgan fingerprint density at radius 1 is 1.16 bits per heavy atom. The molecular formula is C19H25N3O2S. The topological polar surface area (TPSA) is 36.0 Å². The molecule has 0 aliphatic carbocycles. The first-order chi connectivity index (χ1) is 12.2. The molecule has 0 bridgehead atoms. The molecule has 0 unspecified atom stereocenters. The van der Waals surface area contributed by atoms with E-state index in [9.17, 15) is 4.79 Å². The number of anilines is 1. The standard InChI is InChI=1S/C19H25N3O2S/c1-20(14-18-4-3-13-25-18)19(23)15-21-9-11-22(12-10-21)16-5-7-17(24-2)8-6-16/h3-8,13H,9-12,14-15H2,1-2H3. The van der Waals surface area contributed by atoms with Crippen LogP contribution in [0.3, 0.4) is 0 Å². The average Bonchev–Trinajstić information content (AvgIpc) is 3.15. The largest absolute Gasteiger partial charge is 0.497 e. The van der Waals surface area contributed by atoms with Gasteiger partial charge >= 0.3 is 0 Å². The van der Waals surface area contributed by atoms with Crippen molar-refractivity contribution >= 4 is 22.9 Å². The van der Waals surface area contributed by atoms with E-state index >= 15 is 0 Å². The fraction of sp³-hybridized carbons (Fsp3) is 0.421. The highest BCUT2D eigenvalue weighted by atomic mass is 32.1. The van der Waals surface area contributed by atoms with Crippen LogP contribution in [0.25, 0.3) is 0 Å². The Morgan fingerprint density at radius 3 is 2.48 bits per heavy atom. The van der Waals surface area contributed by atoms with Crippen molar-refractivity contribution in [3.8, 4) is 5.75 Å². The van der Waals surface area contributed by atoms with Crippen LogP contribution in [0.15, 0.2) is 41.8 Å². The zero-order valence-corrected chi connectivity index (χ0v) is 15.7. The lowest BCUT2D eigenvalue weighted by atomic mass is 10.2. The Labute approximate surface area is 153 Å². The van der Waals surface area contributed by atoms with Gasteiger partial charge in [0.25, 0.3) is 0 Å². The minimum atomic E-state index is 0.186. The zero-order valence-electron chi connectivity index (χ0n) is 14.9. The van der Waals surface area contributed by atoms with E-state index in [0.29, 0.717) is 13.1 Å². The van der Waals surface area contributed by atoms with Crippen LogP contribution in [0.4, 0.5) is 5.69 Å². The molecule has 6 heteroatoms. The second-order valence-corrected chi connectivity index (χ2v) is 7.32. The van der Waals surface area contributed by atoms with Crippen molar-refractivity contribution in [1.29, 1.82) is 0 Å². The van der Waals surface area contributed by atoms with Gasteiger partial charge in [-0.3, -0.25) is 9.69 Å². The van der Waals surface area contributed by atoms with Crippen molar-refractivity contribution in [2.24, 2.45) is 0 Å². The van der Waals surface area contributed by atoms with Crippen LogP contribution in [-0.2, 0) is 11.3 Å². The van der Waals surface area contributed by atoms with E-state index in [1.807, 2.05) is 35.5 Å². The van der Waals surface area contributed by atoms with Crippen molar-refractivity contribution < 1.29 is 9.53 Å². The van der Waals surface area contributed by atoms with Crippen molar-refractivity contribution in [3.05, 3.63) is 46.7 Å². The number of piperazine rings is 1. The van der Waals surface area contributed by atoms with Crippen molar-refractivity contribution in [2.75, 3.05) is 51.8 Å². The highest BCUT2D eigenvalue weighted by molar-refractivity contribution is 7.09. The Morgan fingerprint density at radius 2 is 1.88 bits per heavy atom. The second kappa shape index (κ2) is 8.36. The van der Waals surface area contributed by atoms with Gasteiger partial charge in [0.2, 0.25) is 5.91 Å². The summed E-state index contributed by atoms with van der Waals surface area (Å²) in [7, 11) is 3.57. The van der Waals surface area contributed by atoms with Gasteiger partial charge in [-0.2, -0.15) is 0 Å². The molecule has 1 fully saturated rings. The summed E-state index contributed by atoms with van der Waals surface area (Å²) in [5.41, 5.74) is 1.21. The Hall–Kier alpha value is -2.05. The van der Waals surface area contributed by atoms with Crippen molar-refractivity contribution in [3.63, 3.8) is 0 Å². The number of hydrogen-bond donors (Lipinski definition) is 0. The van der Waals surface area contributed by atoms with E-state index in [-0.39, 0.29) is 5.91 Å². The van der Waals surface area contributed by atoms with Gasteiger partial charge in [0, 0.05) is 43.8 Å². The highest BCUT2D eigenvalue weighted by Gasteiger charge is 2.21. The molecule has 5 nitrogen and oxygen atoms in total. The first-order valence-electron chi connectivity index (χ1n) is 8.53. The smallest absolute Gasteiger partial charge is 0.236 e. The van der Waals surface area contributed by atoms with Crippen LogP contribution in [0.5, 0.6) is 5.75 Å². The molecule has 1 aromatic heterocycles. The lowest BCUT2D eigenvalue weighted by Gasteiger charge is -2.36. The molecule has 1 aromatic carbocycles. The maximum Gasteiger partial charge on any atom is 0.236 e. The van der Waals surface area contributed by atoms with Gasteiger partial charge in [-0.1, -0.05) is 6.07 Å². The molecule has 2 heterocycles. The third-order valence-corrected chi connectivity index (χ3v) is 5.43. The summed E-state index contributed by atoms with van der Waals surface area (Å²) in [6, 6.07) is 12.3. The molecule has 1 aliphatic rings. The predicted molar refractivity (Wildman–Crippen MR) is 102 cm³/mol. The third kappa shape index (κ3) is 4.74. The fourth-order valence-corrected chi connectivity index (χ4v) is 3.75. The van der Waals surface area contributed by atoms with Gasteiger partial charge < -0.3 is 14.5 Å². The summed E-state index contributed by atoms with van der Waals surface area (Å²) in [6.07, 6.45) is 0. The third-order valence-electron chi connectivity index (χ3n) is 4.57. The maximum absolute atomic E-state index is 12.4. The number of thiophene rings is 1. The molecule has 3 rings (SSSR count). The van der Waals surface area contributed by atoms with Crippen molar-refractivity contribution in [2.45, 2.75) is 6.54 Å². The normalized spacial score (nSPS) is 15.2. The summed E-state index contributed by atoms with van der Waals surface area (Å²) in [6.45, 7) is 4.89. The SMILES string of the molecule is COc1ccc(N2CCN(CC(=O)N(C)Cc3cccs3)CC2)cc1. The molecule has 134 valence electrons.